The number of piperidine rings is 1. The Bertz CT molecular complexity index is 905. The zero-order chi connectivity index (χ0) is 20.2. The van der Waals surface area contributed by atoms with Gasteiger partial charge < -0.3 is 14.4 Å². The topological polar surface area (TPSA) is 54.9 Å². The molecule has 2 bridgehead atoms. The molecular formula is C18H20BrF2N3O3S. The van der Waals surface area contributed by atoms with Crippen molar-refractivity contribution >= 4 is 48.7 Å². The van der Waals surface area contributed by atoms with Gasteiger partial charge >= 0.3 is 12.7 Å². The molecule has 1 aromatic heterocycles. The molecule has 28 heavy (non-hydrogen) atoms. The second-order valence-corrected chi connectivity index (χ2v) is 9.77. The average molecular weight is 476 g/mol. The zero-order valence-electron chi connectivity index (χ0n) is 15.6. The fraction of sp³-hybridized carbons (Fsp3) is 0.556. The lowest BCUT2D eigenvalue weighted by molar-refractivity contribution is -0.0487. The van der Waals surface area contributed by atoms with Crippen LogP contribution in [0.2, 0.25) is 0 Å². The van der Waals surface area contributed by atoms with E-state index in [4.69, 9.17) is 4.74 Å². The van der Waals surface area contributed by atoms with Crippen molar-refractivity contribution in [3.63, 3.8) is 0 Å². The number of benzene rings is 1. The first kappa shape index (κ1) is 19.6. The number of amides is 1. The van der Waals surface area contributed by atoms with Gasteiger partial charge in [0.05, 0.1) is 16.8 Å². The lowest BCUT2D eigenvalue weighted by atomic mass is 9.88. The first-order valence-corrected chi connectivity index (χ1v) is 10.5. The highest BCUT2D eigenvalue weighted by molar-refractivity contribution is 9.10. The van der Waals surface area contributed by atoms with Gasteiger partial charge in [-0.15, -0.1) is 0 Å². The van der Waals surface area contributed by atoms with Gasteiger partial charge in [-0.2, -0.15) is 8.78 Å². The van der Waals surface area contributed by atoms with E-state index in [0.29, 0.717) is 23.3 Å². The molecule has 2 atom stereocenters. The lowest BCUT2D eigenvalue weighted by Crippen LogP contribution is -2.70. The Morgan fingerprint density at radius 3 is 2.61 bits per heavy atom. The highest BCUT2D eigenvalue weighted by Gasteiger charge is 2.49. The Hall–Kier alpha value is -1.68. The van der Waals surface area contributed by atoms with Gasteiger partial charge in [-0.05, 0) is 55.3 Å². The SMILES string of the molecule is CC(C)(C)OC(=O)N1C2CC1CN(c1nc3c(Br)ccc(OC(F)F)c3s1)C2. The largest absolute Gasteiger partial charge is 0.444 e. The predicted molar refractivity (Wildman–Crippen MR) is 106 cm³/mol. The molecule has 5 rings (SSSR count). The molecule has 0 saturated carbocycles. The molecule has 4 heterocycles. The molecule has 2 aromatic rings. The van der Waals surface area contributed by atoms with Crippen LogP contribution in [0.3, 0.4) is 0 Å². The molecule has 3 aliphatic rings. The number of halogens is 3. The van der Waals surface area contributed by atoms with E-state index in [0.717, 1.165) is 16.0 Å². The van der Waals surface area contributed by atoms with E-state index < -0.39 is 12.2 Å². The van der Waals surface area contributed by atoms with Crippen LogP contribution in [0.4, 0.5) is 18.7 Å². The molecule has 0 radical (unpaired) electrons. The van der Waals surface area contributed by atoms with E-state index in [-0.39, 0.29) is 23.9 Å². The quantitative estimate of drug-likeness (QED) is 0.634. The number of thiazole rings is 1. The van der Waals surface area contributed by atoms with Gasteiger partial charge in [0.15, 0.2) is 5.13 Å². The molecule has 2 unspecified atom stereocenters. The van der Waals surface area contributed by atoms with E-state index in [1.165, 1.54) is 17.4 Å². The van der Waals surface area contributed by atoms with Gasteiger partial charge in [-0.25, -0.2) is 9.78 Å². The molecule has 10 heteroatoms. The number of aromatic nitrogens is 1. The maximum atomic E-state index is 12.7. The van der Waals surface area contributed by atoms with Crippen LogP contribution in [0.5, 0.6) is 5.75 Å². The molecule has 3 aliphatic heterocycles. The summed E-state index contributed by atoms with van der Waals surface area (Å²) in [6.07, 6.45) is 0.650. The fourth-order valence-corrected chi connectivity index (χ4v) is 5.26. The molecule has 3 saturated heterocycles. The van der Waals surface area contributed by atoms with Gasteiger partial charge in [0, 0.05) is 17.6 Å². The molecule has 1 aromatic carbocycles. The van der Waals surface area contributed by atoms with Crippen LogP contribution >= 0.6 is 27.3 Å². The van der Waals surface area contributed by atoms with Gasteiger partial charge in [0.2, 0.25) is 0 Å². The second-order valence-electron chi connectivity index (χ2n) is 7.93. The number of carbonyl (C=O) groups is 1. The van der Waals surface area contributed by atoms with Crippen molar-refractivity contribution in [2.45, 2.75) is 51.5 Å². The number of nitrogens with zero attached hydrogens (tertiary/aromatic N) is 3. The van der Waals surface area contributed by atoms with E-state index in [9.17, 15) is 13.6 Å². The summed E-state index contributed by atoms with van der Waals surface area (Å²) in [6.45, 7) is 3.94. The van der Waals surface area contributed by atoms with Crippen LogP contribution in [0, 0.1) is 0 Å². The number of rotatable bonds is 3. The third kappa shape index (κ3) is 3.63. The van der Waals surface area contributed by atoms with Crippen molar-refractivity contribution in [1.82, 2.24) is 9.88 Å². The maximum Gasteiger partial charge on any atom is 0.410 e. The summed E-state index contributed by atoms with van der Waals surface area (Å²) in [5.41, 5.74) is 0.0718. The molecule has 152 valence electrons. The average Bonchev–Trinajstić information content (AvgIpc) is 3.02. The smallest absolute Gasteiger partial charge is 0.410 e. The summed E-state index contributed by atoms with van der Waals surface area (Å²) in [4.78, 5) is 20.9. The van der Waals surface area contributed by atoms with E-state index in [2.05, 4.69) is 30.6 Å². The van der Waals surface area contributed by atoms with Crippen molar-refractivity contribution in [3.05, 3.63) is 16.6 Å². The van der Waals surface area contributed by atoms with Gasteiger partial charge in [-0.1, -0.05) is 11.3 Å². The van der Waals surface area contributed by atoms with Crippen molar-refractivity contribution in [2.75, 3.05) is 18.0 Å². The second kappa shape index (κ2) is 6.98. The Kier molecular flexibility index (Phi) is 4.89. The van der Waals surface area contributed by atoms with Gasteiger partial charge in [0.25, 0.3) is 0 Å². The van der Waals surface area contributed by atoms with E-state index >= 15 is 0 Å². The monoisotopic (exact) mass is 475 g/mol. The van der Waals surface area contributed by atoms with E-state index in [1.54, 1.807) is 11.0 Å². The summed E-state index contributed by atoms with van der Waals surface area (Å²) in [7, 11) is 0. The Balaban J connectivity index is 1.53. The highest BCUT2D eigenvalue weighted by atomic mass is 79.9. The van der Waals surface area contributed by atoms with Crippen molar-refractivity contribution < 1.29 is 23.0 Å². The predicted octanol–water partition coefficient (Wildman–Crippen LogP) is 4.86. The maximum absolute atomic E-state index is 12.7. The van der Waals surface area contributed by atoms with Crippen LogP contribution in [0.25, 0.3) is 10.2 Å². The van der Waals surface area contributed by atoms with Crippen LogP contribution in [-0.2, 0) is 4.74 Å². The standard InChI is InChI=1S/C18H20BrF2N3O3S/c1-18(2,3)27-17(25)24-9-6-10(24)8-23(7-9)16-22-13-11(19)4-5-12(14(13)28-16)26-15(20)21/h4-5,9-10,15H,6-8H2,1-3H3. The summed E-state index contributed by atoms with van der Waals surface area (Å²) in [6, 6.07) is 3.31. The number of alkyl halides is 2. The van der Waals surface area contributed by atoms with Crippen LogP contribution in [-0.4, -0.2) is 53.4 Å². The van der Waals surface area contributed by atoms with Crippen molar-refractivity contribution in [2.24, 2.45) is 0 Å². The fourth-order valence-electron chi connectivity index (χ4n) is 3.64. The van der Waals surface area contributed by atoms with Gasteiger partial charge in [0.1, 0.15) is 16.9 Å². The minimum Gasteiger partial charge on any atom is -0.444 e. The number of fused-ring (bicyclic) bond motifs is 3. The molecule has 3 fully saturated rings. The number of anilines is 1. The number of piperazine rings is 1. The number of hydrogen-bond acceptors (Lipinski definition) is 6. The number of ether oxygens (including phenoxy) is 2. The molecular weight excluding hydrogens is 456 g/mol. The van der Waals surface area contributed by atoms with Gasteiger partial charge in [-0.3, -0.25) is 4.90 Å². The molecule has 0 N–H and O–H groups in total. The Morgan fingerprint density at radius 2 is 2.00 bits per heavy atom. The molecule has 1 amide bonds. The summed E-state index contributed by atoms with van der Waals surface area (Å²) in [5, 5.41) is 0.736. The van der Waals surface area contributed by atoms with Crippen molar-refractivity contribution in [1.29, 1.82) is 0 Å². The normalized spacial score (nSPS) is 21.8. The molecule has 0 aliphatic carbocycles. The summed E-state index contributed by atoms with van der Waals surface area (Å²) < 4.78 is 36.8. The van der Waals surface area contributed by atoms with E-state index in [1.807, 2.05) is 20.8 Å². The number of carbonyl (C=O) groups excluding carboxylic acids is 1. The highest BCUT2D eigenvalue weighted by Crippen LogP contribution is 2.42. The lowest BCUT2D eigenvalue weighted by Gasteiger charge is -2.55. The zero-order valence-corrected chi connectivity index (χ0v) is 18.0. The van der Waals surface area contributed by atoms with Crippen LogP contribution < -0.4 is 9.64 Å². The minimum absolute atomic E-state index is 0.0702. The van der Waals surface area contributed by atoms with Crippen molar-refractivity contribution in [3.8, 4) is 5.75 Å². The molecule has 6 nitrogen and oxygen atoms in total. The number of hydrogen-bond donors (Lipinski definition) is 0. The summed E-state index contributed by atoms with van der Waals surface area (Å²) in [5.74, 6) is 0.120. The first-order valence-electron chi connectivity index (χ1n) is 8.92. The Morgan fingerprint density at radius 1 is 1.32 bits per heavy atom. The minimum atomic E-state index is -2.89. The summed E-state index contributed by atoms with van der Waals surface area (Å²) >= 11 is 4.75. The third-order valence-corrected chi connectivity index (χ3v) is 6.50. The first-order chi connectivity index (χ1) is 13.1. The Labute approximate surface area is 173 Å². The van der Waals surface area contributed by atoms with Crippen LogP contribution in [0.15, 0.2) is 16.6 Å². The third-order valence-electron chi connectivity index (χ3n) is 4.73. The molecule has 0 spiro atoms. The van der Waals surface area contributed by atoms with Crippen LogP contribution in [0.1, 0.15) is 27.2 Å².